The summed E-state index contributed by atoms with van der Waals surface area (Å²) in [4.78, 5) is 0. The third kappa shape index (κ3) is 4.94. The van der Waals surface area contributed by atoms with Gasteiger partial charge in [-0.3, -0.25) is 4.57 Å². The fourth-order valence-corrected chi connectivity index (χ4v) is 2.20. The zero-order valence-corrected chi connectivity index (χ0v) is 8.98. The lowest BCUT2D eigenvalue weighted by Gasteiger charge is -2.11. The van der Waals surface area contributed by atoms with Crippen LogP contribution in [0.25, 0.3) is 0 Å². The number of allylic oxidation sites excluding steroid dienone is 1. The Morgan fingerprint density at radius 1 is 1.33 bits per heavy atom. The zero-order valence-electron chi connectivity index (χ0n) is 7.33. The predicted molar refractivity (Wildman–Crippen MR) is 50.7 cm³/mol. The highest BCUT2D eigenvalue weighted by molar-refractivity contribution is 7.57. The first-order chi connectivity index (χ1) is 5.68. The van der Waals surface area contributed by atoms with Gasteiger partial charge < -0.3 is 9.05 Å². The fraction of sp³-hybridized carbons (Fsp3) is 0.714. The van der Waals surface area contributed by atoms with Crippen molar-refractivity contribution in [3.63, 3.8) is 0 Å². The average molecular weight is 213 g/mol. The highest BCUT2D eigenvalue weighted by Crippen LogP contribution is 2.49. The third-order valence-corrected chi connectivity index (χ3v) is 2.99. The van der Waals surface area contributed by atoms with Crippen LogP contribution in [0.2, 0.25) is 0 Å². The highest BCUT2D eigenvalue weighted by Gasteiger charge is 2.17. The van der Waals surface area contributed by atoms with Crippen molar-refractivity contribution in [2.24, 2.45) is 0 Å². The molecule has 5 heteroatoms. The normalized spacial score (nSPS) is 12.6. The van der Waals surface area contributed by atoms with E-state index in [1.807, 2.05) is 0 Å². The summed E-state index contributed by atoms with van der Waals surface area (Å²) in [7, 11) is -3.00. The van der Waals surface area contributed by atoms with Crippen LogP contribution in [0.3, 0.4) is 0 Å². The molecule has 0 aliphatic rings. The Kier molecular flexibility index (Phi) is 6.77. The predicted octanol–water partition coefficient (Wildman–Crippen LogP) is 3.01. The van der Waals surface area contributed by atoms with Gasteiger partial charge in [0.25, 0.3) is 0 Å². The van der Waals surface area contributed by atoms with Crippen LogP contribution < -0.4 is 0 Å². The smallest absolute Gasteiger partial charge is 0.306 e. The molecule has 0 aromatic carbocycles. The molecule has 0 amide bonds. The van der Waals surface area contributed by atoms with Crippen molar-refractivity contribution < 1.29 is 13.6 Å². The Morgan fingerprint density at radius 3 is 2.17 bits per heavy atom. The maximum Gasteiger partial charge on any atom is 0.353 e. The van der Waals surface area contributed by atoms with Gasteiger partial charge in [-0.05, 0) is 13.8 Å². The minimum absolute atomic E-state index is 0.310. The zero-order chi connectivity index (χ0) is 9.45. The fourth-order valence-electron chi connectivity index (χ4n) is 0.652. The first-order valence-electron chi connectivity index (χ1n) is 3.81. The van der Waals surface area contributed by atoms with Gasteiger partial charge in [0, 0.05) is 11.7 Å². The third-order valence-electron chi connectivity index (χ3n) is 0.995. The summed E-state index contributed by atoms with van der Waals surface area (Å²) in [6.07, 6.45) is 1.56. The molecular weight excluding hydrogens is 199 g/mol. The van der Waals surface area contributed by atoms with Crippen molar-refractivity contribution in [3.05, 3.63) is 11.9 Å². The average Bonchev–Trinajstić information content (AvgIpc) is 2.02. The molecule has 0 aliphatic carbocycles. The lowest BCUT2D eigenvalue weighted by molar-refractivity contribution is 0.229. The highest BCUT2D eigenvalue weighted by atomic mass is 35.5. The van der Waals surface area contributed by atoms with Crippen molar-refractivity contribution in [2.45, 2.75) is 13.8 Å². The lowest BCUT2D eigenvalue weighted by Crippen LogP contribution is -1.92. The number of alkyl halides is 1. The summed E-state index contributed by atoms with van der Waals surface area (Å²) in [5.41, 5.74) is 0. The number of hydrogen-bond donors (Lipinski definition) is 0. The minimum Gasteiger partial charge on any atom is -0.306 e. The summed E-state index contributed by atoms with van der Waals surface area (Å²) < 4.78 is 21.5. The quantitative estimate of drug-likeness (QED) is 0.502. The van der Waals surface area contributed by atoms with Crippen molar-refractivity contribution in [3.8, 4) is 0 Å². The van der Waals surface area contributed by atoms with Crippen LogP contribution in [0.15, 0.2) is 11.9 Å². The van der Waals surface area contributed by atoms with Gasteiger partial charge in [0.1, 0.15) is 0 Å². The second-order valence-electron chi connectivity index (χ2n) is 1.91. The van der Waals surface area contributed by atoms with Crippen LogP contribution in [-0.2, 0) is 13.6 Å². The van der Waals surface area contributed by atoms with E-state index in [1.54, 1.807) is 19.9 Å². The molecule has 72 valence electrons. The maximum absolute atomic E-state index is 11.6. The summed E-state index contributed by atoms with van der Waals surface area (Å²) in [5, 5.41) is 0. The van der Waals surface area contributed by atoms with Crippen molar-refractivity contribution in [1.29, 1.82) is 0 Å². The lowest BCUT2D eigenvalue weighted by atomic mass is 10.8. The van der Waals surface area contributed by atoms with Gasteiger partial charge in [0.2, 0.25) is 0 Å². The van der Waals surface area contributed by atoms with Gasteiger partial charge in [-0.1, -0.05) is 6.08 Å². The van der Waals surface area contributed by atoms with E-state index < -0.39 is 7.60 Å². The molecule has 0 spiro atoms. The summed E-state index contributed by atoms with van der Waals surface area (Å²) in [5.74, 6) is 1.71. The molecule has 12 heavy (non-hydrogen) atoms. The van der Waals surface area contributed by atoms with Crippen molar-refractivity contribution in [2.75, 3.05) is 19.1 Å². The Hall–Kier alpha value is 0.180. The topological polar surface area (TPSA) is 35.5 Å². The molecule has 0 bridgehead atoms. The molecule has 0 aliphatic heterocycles. The van der Waals surface area contributed by atoms with Gasteiger partial charge in [0.15, 0.2) is 0 Å². The molecule has 0 aromatic rings. The van der Waals surface area contributed by atoms with Crippen LogP contribution in [0.4, 0.5) is 0 Å². The van der Waals surface area contributed by atoms with Crippen LogP contribution >= 0.6 is 19.2 Å². The molecule has 0 saturated carbocycles. The molecule has 0 unspecified atom stereocenters. The molecule has 0 fully saturated rings. The van der Waals surface area contributed by atoms with Crippen LogP contribution in [0, 0.1) is 0 Å². The number of rotatable bonds is 6. The van der Waals surface area contributed by atoms with Crippen LogP contribution in [0.1, 0.15) is 13.8 Å². The van der Waals surface area contributed by atoms with Crippen molar-refractivity contribution >= 4 is 19.2 Å². The second-order valence-corrected chi connectivity index (χ2v) is 4.12. The molecule has 0 rings (SSSR count). The van der Waals surface area contributed by atoms with E-state index in [4.69, 9.17) is 20.6 Å². The van der Waals surface area contributed by atoms with Crippen LogP contribution in [-0.4, -0.2) is 19.1 Å². The van der Waals surface area contributed by atoms with Gasteiger partial charge in [-0.25, -0.2) is 0 Å². The Balaban J connectivity index is 4.18. The Labute approximate surface area is 78.2 Å². The summed E-state index contributed by atoms with van der Waals surface area (Å²) >= 11 is 5.39. The molecule has 0 N–H and O–H groups in total. The molecule has 0 aromatic heterocycles. The number of hydrogen-bond acceptors (Lipinski definition) is 3. The van der Waals surface area contributed by atoms with E-state index in [2.05, 4.69) is 0 Å². The SMILES string of the molecule is CCOP(=O)(C=CCCl)OCC. The Bertz CT molecular complexity index is 171. The van der Waals surface area contributed by atoms with E-state index in [0.717, 1.165) is 0 Å². The van der Waals surface area contributed by atoms with Gasteiger partial charge in [-0.15, -0.1) is 11.6 Å². The van der Waals surface area contributed by atoms with E-state index in [1.165, 1.54) is 5.82 Å². The first kappa shape index (κ1) is 12.2. The first-order valence-corrected chi connectivity index (χ1v) is 5.95. The molecule has 3 nitrogen and oxygen atoms in total. The van der Waals surface area contributed by atoms with E-state index in [0.29, 0.717) is 19.1 Å². The Morgan fingerprint density at radius 2 is 1.83 bits per heavy atom. The summed E-state index contributed by atoms with van der Waals surface area (Å²) in [6, 6.07) is 0. The van der Waals surface area contributed by atoms with Gasteiger partial charge >= 0.3 is 7.60 Å². The molecule has 0 atom stereocenters. The van der Waals surface area contributed by atoms with Gasteiger partial charge in [-0.2, -0.15) is 0 Å². The standard InChI is InChI=1S/C7H14ClO3P/c1-3-10-12(9,11-4-2)7-5-6-8/h5,7H,3-4,6H2,1-2H3. The van der Waals surface area contributed by atoms with Crippen molar-refractivity contribution in [1.82, 2.24) is 0 Å². The monoisotopic (exact) mass is 212 g/mol. The second kappa shape index (κ2) is 6.67. The maximum atomic E-state index is 11.6. The van der Waals surface area contributed by atoms with E-state index >= 15 is 0 Å². The largest absolute Gasteiger partial charge is 0.353 e. The van der Waals surface area contributed by atoms with E-state index in [9.17, 15) is 4.57 Å². The summed E-state index contributed by atoms with van der Waals surface area (Å²) in [6.45, 7) is 4.26. The number of halogens is 1. The van der Waals surface area contributed by atoms with Gasteiger partial charge in [0.05, 0.1) is 13.2 Å². The molecule has 0 saturated heterocycles. The molecule has 0 heterocycles. The van der Waals surface area contributed by atoms with E-state index in [-0.39, 0.29) is 0 Å². The molecule has 0 radical (unpaired) electrons. The molecular formula is C7H14ClO3P. The minimum atomic E-state index is -3.00. The van der Waals surface area contributed by atoms with Crippen LogP contribution in [0.5, 0.6) is 0 Å².